The third kappa shape index (κ3) is 3.46. The number of nitrogens with zero attached hydrogens (tertiary/aromatic N) is 3. The standard InChI is InChI=1S/C19H13F3N4O2/c1-11-15(10-27-26-11)18-25-24-17(28-18)14-4-2-3-5-16(14)23-13-8-6-12(7-9-13)19(20,21)22/h2-10,23H,1H3. The van der Waals surface area contributed by atoms with E-state index in [4.69, 9.17) is 8.94 Å². The lowest BCUT2D eigenvalue weighted by Crippen LogP contribution is -2.04. The molecule has 28 heavy (non-hydrogen) atoms. The minimum atomic E-state index is -4.38. The van der Waals surface area contributed by atoms with Gasteiger partial charge in [0.2, 0.25) is 5.89 Å². The fourth-order valence-corrected chi connectivity index (χ4v) is 2.62. The average molecular weight is 386 g/mol. The topological polar surface area (TPSA) is 77.0 Å². The van der Waals surface area contributed by atoms with Crippen LogP contribution in [-0.2, 0) is 6.18 Å². The summed E-state index contributed by atoms with van der Waals surface area (Å²) in [6.07, 6.45) is -2.96. The summed E-state index contributed by atoms with van der Waals surface area (Å²) < 4.78 is 48.8. The van der Waals surface area contributed by atoms with E-state index in [1.807, 2.05) is 0 Å². The molecule has 9 heteroatoms. The number of alkyl halides is 3. The first kappa shape index (κ1) is 17.8. The molecule has 1 N–H and O–H groups in total. The molecule has 0 aliphatic heterocycles. The van der Waals surface area contributed by atoms with E-state index >= 15 is 0 Å². The van der Waals surface area contributed by atoms with Gasteiger partial charge in [-0.05, 0) is 43.3 Å². The van der Waals surface area contributed by atoms with Crippen molar-refractivity contribution in [3.8, 4) is 22.9 Å². The zero-order valence-electron chi connectivity index (χ0n) is 14.5. The van der Waals surface area contributed by atoms with Crippen LogP contribution < -0.4 is 5.32 Å². The molecule has 0 saturated carbocycles. The first-order chi connectivity index (χ1) is 13.4. The molecule has 4 rings (SSSR count). The maximum atomic E-state index is 12.7. The van der Waals surface area contributed by atoms with Crippen LogP contribution in [0.1, 0.15) is 11.3 Å². The number of hydrogen-bond acceptors (Lipinski definition) is 6. The summed E-state index contributed by atoms with van der Waals surface area (Å²) in [5.41, 5.74) is 2.21. The number of rotatable bonds is 4. The molecule has 0 atom stereocenters. The lowest BCUT2D eigenvalue weighted by atomic mass is 10.1. The molecule has 0 unspecified atom stereocenters. The van der Waals surface area contributed by atoms with Crippen LogP contribution in [0.4, 0.5) is 24.5 Å². The van der Waals surface area contributed by atoms with Crippen molar-refractivity contribution in [3.05, 3.63) is 66.1 Å². The van der Waals surface area contributed by atoms with E-state index in [1.54, 1.807) is 31.2 Å². The Bertz CT molecular complexity index is 1100. The van der Waals surface area contributed by atoms with E-state index in [1.165, 1.54) is 18.4 Å². The molecule has 0 amide bonds. The van der Waals surface area contributed by atoms with Gasteiger partial charge < -0.3 is 14.3 Å². The maximum Gasteiger partial charge on any atom is 0.416 e. The molecule has 0 saturated heterocycles. The minimum absolute atomic E-state index is 0.255. The van der Waals surface area contributed by atoms with Crippen molar-refractivity contribution in [2.75, 3.05) is 5.32 Å². The third-order valence-corrected chi connectivity index (χ3v) is 4.05. The zero-order chi connectivity index (χ0) is 19.7. The van der Waals surface area contributed by atoms with Gasteiger partial charge in [0.05, 0.1) is 22.5 Å². The van der Waals surface area contributed by atoms with Crippen molar-refractivity contribution < 1.29 is 22.1 Å². The summed E-state index contributed by atoms with van der Waals surface area (Å²) in [4.78, 5) is 0. The Hall–Kier alpha value is -3.62. The van der Waals surface area contributed by atoms with Gasteiger partial charge in [0.1, 0.15) is 11.8 Å². The van der Waals surface area contributed by atoms with Gasteiger partial charge in [0.15, 0.2) is 0 Å². The van der Waals surface area contributed by atoms with Crippen LogP contribution in [-0.4, -0.2) is 15.4 Å². The van der Waals surface area contributed by atoms with Crippen LogP contribution in [0.25, 0.3) is 22.9 Å². The van der Waals surface area contributed by atoms with Crippen molar-refractivity contribution in [1.29, 1.82) is 0 Å². The van der Waals surface area contributed by atoms with Crippen molar-refractivity contribution >= 4 is 11.4 Å². The molecule has 0 aliphatic carbocycles. The third-order valence-electron chi connectivity index (χ3n) is 4.05. The average Bonchev–Trinajstić information content (AvgIpc) is 3.31. The maximum absolute atomic E-state index is 12.7. The highest BCUT2D eigenvalue weighted by Crippen LogP contribution is 2.33. The highest BCUT2D eigenvalue weighted by atomic mass is 19.4. The molecule has 0 fully saturated rings. The Morgan fingerprint density at radius 2 is 1.57 bits per heavy atom. The van der Waals surface area contributed by atoms with Crippen LogP contribution in [0.3, 0.4) is 0 Å². The van der Waals surface area contributed by atoms with Gasteiger partial charge in [-0.15, -0.1) is 10.2 Å². The highest BCUT2D eigenvalue weighted by Gasteiger charge is 2.30. The number of aromatic nitrogens is 3. The Morgan fingerprint density at radius 1 is 0.893 bits per heavy atom. The number of hydrogen-bond donors (Lipinski definition) is 1. The molecule has 0 bridgehead atoms. The van der Waals surface area contributed by atoms with Crippen molar-refractivity contribution in [2.45, 2.75) is 13.1 Å². The van der Waals surface area contributed by atoms with Gasteiger partial charge in [-0.1, -0.05) is 17.3 Å². The number of nitrogens with one attached hydrogen (secondary N) is 1. The number of benzene rings is 2. The Morgan fingerprint density at radius 3 is 2.21 bits per heavy atom. The van der Waals surface area contributed by atoms with Gasteiger partial charge in [-0.2, -0.15) is 13.2 Å². The van der Waals surface area contributed by atoms with E-state index in [9.17, 15) is 13.2 Å². The molecular formula is C19H13F3N4O2. The van der Waals surface area contributed by atoms with Crippen LogP contribution in [0.5, 0.6) is 0 Å². The summed E-state index contributed by atoms with van der Waals surface area (Å²) in [5.74, 6) is 0.517. The Labute approximate surface area is 157 Å². The van der Waals surface area contributed by atoms with E-state index in [2.05, 4.69) is 20.7 Å². The SMILES string of the molecule is Cc1nocc1-c1nnc(-c2ccccc2Nc2ccc(C(F)(F)F)cc2)o1. The summed E-state index contributed by atoms with van der Waals surface area (Å²) in [6, 6.07) is 11.9. The number of para-hydroxylation sites is 1. The van der Waals surface area contributed by atoms with Gasteiger partial charge >= 0.3 is 6.18 Å². The summed E-state index contributed by atoms with van der Waals surface area (Å²) in [5, 5.41) is 14.9. The van der Waals surface area contributed by atoms with Gasteiger partial charge in [0, 0.05) is 5.69 Å². The van der Waals surface area contributed by atoms with Crippen molar-refractivity contribution in [2.24, 2.45) is 0 Å². The lowest BCUT2D eigenvalue weighted by Gasteiger charge is -2.11. The Kier molecular flexibility index (Phi) is 4.34. The second-order valence-electron chi connectivity index (χ2n) is 5.97. The van der Waals surface area contributed by atoms with E-state index < -0.39 is 11.7 Å². The first-order valence-electron chi connectivity index (χ1n) is 8.20. The van der Waals surface area contributed by atoms with Crippen molar-refractivity contribution in [1.82, 2.24) is 15.4 Å². The highest BCUT2D eigenvalue weighted by molar-refractivity contribution is 5.77. The van der Waals surface area contributed by atoms with E-state index in [0.717, 1.165) is 12.1 Å². The largest absolute Gasteiger partial charge is 0.416 e. The van der Waals surface area contributed by atoms with Crippen LogP contribution in [0, 0.1) is 6.92 Å². The van der Waals surface area contributed by atoms with Gasteiger partial charge in [0.25, 0.3) is 5.89 Å². The fourth-order valence-electron chi connectivity index (χ4n) is 2.62. The predicted octanol–water partition coefficient (Wildman–Crippen LogP) is 5.46. The molecule has 0 spiro atoms. The second-order valence-corrected chi connectivity index (χ2v) is 5.97. The van der Waals surface area contributed by atoms with Crippen LogP contribution >= 0.6 is 0 Å². The molecule has 0 radical (unpaired) electrons. The monoisotopic (exact) mass is 386 g/mol. The first-order valence-corrected chi connectivity index (χ1v) is 8.20. The van der Waals surface area contributed by atoms with Crippen molar-refractivity contribution in [3.63, 3.8) is 0 Å². The molecule has 6 nitrogen and oxygen atoms in total. The predicted molar refractivity (Wildman–Crippen MR) is 94.7 cm³/mol. The number of aryl methyl sites for hydroxylation is 1. The molecular weight excluding hydrogens is 373 g/mol. The van der Waals surface area contributed by atoms with E-state index in [-0.39, 0.29) is 11.8 Å². The smallest absolute Gasteiger partial charge is 0.416 e. The zero-order valence-corrected chi connectivity index (χ0v) is 14.5. The molecule has 0 aliphatic rings. The summed E-state index contributed by atoms with van der Waals surface area (Å²) >= 11 is 0. The molecule has 4 aromatic rings. The molecule has 2 heterocycles. The second kappa shape index (κ2) is 6.84. The fraction of sp³-hybridized carbons (Fsp3) is 0.105. The molecule has 142 valence electrons. The Balaban J connectivity index is 1.63. The van der Waals surface area contributed by atoms with Gasteiger partial charge in [-0.3, -0.25) is 0 Å². The summed E-state index contributed by atoms with van der Waals surface area (Å²) in [7, 11) is 0. The minimum Gasteiger partial charge on any atom is -0.416 e. The lowest BCUT2D eigenvalue weighted by molar-refractivity contribution is -0.137. The number of halogens is 3. The van der Waals surface area contributed by atoms with E-state index in [0.29, 0.717) is 28.2 Å². The van der Waals surface area contributed by atoms with Gasteiger partial charge in [-0.25, -0.2) is 0 Å². The molecule has 2 aromatic carbocycles. The quantitative estimate of drug-likeness (QED) is 0.502. The molecule has 2 aromatic heterocycles. The summed E-state index contributed by atoms with van der Waals surface area (Å²) in [6.45, 7) is 1.75. The van der Waals surface area contributed by atoms with Crippen LogP contribution in [0.15, 0.2) is 63.7 Å². The number of anilines is 2. The normalized spacial score (nSPS) is 11.6. The van der Waals surface area contributed by atoms with Crippen LogP contribution in [0.2, 0.25) is 0 Å².